The second-order valence-corrected chi connectivity index (χ2v) is 5.90. The highest BCUT2D eigenvalue weighted by molar-refractivity contribution is 5.88. The third kappa shape index (κ3) is 4.35. The highest BCUT2D eigenvalue weighted by Gasteiger charge is 2.18. The maximum absolute atomic E-state index is 11.4. The number of nitro groups is 1. The second-order valence-electron chi connectivity index (χ2n) is 5.90. The van der Waals surface area contributed by atoms with Crippen LogP contribution < -0.4 is 14.4 Å². The van der Waals surface area contributed by atoms with Gasteiger partial charge in [-0.2, -0.15) is 0 Å². The van der Waals surface area contributed by atoms with E-state index in [-0.39, 0.29) is 5.69 Å². The summed E-state index contributed by atoms with van der Waals surface area (Å²) in [5, 5.41) is 11.4. The van der Waals surface area contributed by atoms with Crippen molar-refractivity contribution >= 4 is 23.3 Å². The van der Waals surface area contributed by atoms with E-state index in [2.05, 4.69) is 9.89 Å². The van der Waals surface area contributed by atoms with Gasteiger partial charge in [0.05, 0.1) is 49.7 Å². The first-order valence-electron chi connectivity index (χ1n) is 8.49. The zero-order valence-electron chi connectivity index (χ0n) is 15.3. The molecule has 3 rings (SSSR count). The fourth-order valence-corrected chi connectivity index (χ4v) is 2.86. The van der Waals surface area contributed by atoms with Gasteiger partial charge in [0.2, 0.25) is 0 Å². The number of aliphatic imine (C=N–C) groups is 1. The first-order valence-corrected chi connectivity index (χ1v) is 8.49. The Labute approximate surface area is 157 Å². The van der Waals surface area contributed by atoms with Crippen molar-refractivity contribution in [3.63, 3.8) is 0 Å². The number of methoxy groups -OCH3 is 2. The minimum absolute atomic E-state index is 0.0960. The lowest BCUT2D eigenvalue weighted by molar-refractivity contribution is -0.385. The Morgan fingerprint density at radius 3 is 2.33 bits per heavy atom. The van der Waals surface area contributed by atoms with E-state index in [1.54, 1.807) is 6.07 Å². The summed E-state index contributed by atoms with van der Waals surface area (Å²) in [5.41, 5.74) is 2.06. The molecule has 0 aliphatic carbocycles. The third-order valence-electron chi connectivity index (χ3n) is 4.31. The van der Waals surface area contributed by atoms with Gasteiger partial charge in [-0.25, -0.2) is 0 Å². The first kappa shape index (κ1) is 18.7. The van der Waals surface area contributed by atoms with E-state index in [0.717, 1.165) is 32.0 Å². The lowest BCUT2D eigenvalue weighted by Crippen LogP contribution is -2.36. The lowest BCUT2D eigenvalue weighted by atomic mass is 10.1. The first-order chi connectivity index (χ1) is 13.1. The number of nitro benzene ring substituents is 1. The predicted octanol–water partition coefficient (Wildman–Crippen LogP) is 3.20. The van der Waals surface area contributed by atoms with Crippen LogP contribution in [0.15, 0.2) is 41.4 Å². The number of anilines is 1. The number of rotatable bonds is 6. The van der Waals surface area contributed by atoms with E-state index >= 15 is 0 Å². The van der Waals surface area contributed by atoms with E-state index in [0.29, 0.717) is 22.7 Å². The molecule has 8 heteroatoms. The molecule has 0 radical (unpaired) electrons. The third-order valence-corrected chi connectivity index (χ3v) is 4.31. The maximum atomic E-state index is 11.4. The van der Waals surface area contributed by atoms with Crippen LogP contribution in [0.25, 0.3) is 0 Å². The molecule has 0 unspecified atom stereocenters. The number of hydrogen-bond donors (Lipinski definition) is 0. The summed E-state index contributed by atoms with van der Waals surface area (Å²) in [5.74, 6) is 0.712. The number of ether oxygens (including phenoxy) is 3. The van der Waals surface area contributed by atoms with E-state index in [1.807, 2.05) is 24.3 Å². The molecule has 1 fully saturated rings. The quantitative estimate of drug-likeness (QED) is 0.440. The van der Waals surface area contributed by atoms with Crippen LogP contribution in [0, 0.1) is 10.1 Å². The van der Waals surface area contributed by atoms with Crippen LogP contribution in [0.2, 0.25) is 0 Å². The van der Waals surface area contributed by atoms with Gasteiger partial charge in [0, 0.05) is 25.0 Å². The van der Waals surface area contributed by atoms with E-state index < -0.39 is 4.92 Å². The van der Waals surface area contributed by atoms with Crippen LogP contribution in [0.1, 0.15) is 5.56 Å². The van der Waals surface area contributed by atoms with E-state index in [4.69, 9.17) is 14.2 Å². The molecule has 27 heavy (non-hydrogen) atoms. The summed E-state index contributed by atoms with van der Waals surface area (Å²) in [6, 6.07) is 10.6. The summed E-state index contributed by atoms with van der Waals surface area (Å²) in [4.78, 5) is 17.5. The molecule has 1 saturated heterocycles. The minimum atomic E-state index is -0.467. The van der Waals surface area contributed by atoms with Gasteiger partial charge >= 0.3 is 0 Å². The zero-order valence-corrected chi connectivity index (χ0v) is 15.3. The van der Waals surface area contributed by atoms with Crippen molar-refractivity contribution in [1.82, 2.24) is 0 Å². The molecule has 2 aromatic carbocycles. The van der Waals surface area contributed by atoms with Crippen LogP contribution in [-0.2, 0) is 4.74 Å². The normalized spacial score (nSPS) is 14.4. The summed E-state index contributed by atoms with van der Waals surface area (Å²) >= 11 is 0. The maximum Gasteiger partial charge on any atom is 0.282 e. The Bertz CT molecular complexity index is 830. The lowest BCUT2D eigenvalue weighted by Gasteiger charge is -2.28. The molecule has 0 aromatic heterocycles. The molecule has 0 amide bonds. The van der Waals surface area contributed by atoms with Crippen molar-refractivity contribution in [2.24, 2.45) is 4.99 Å². The number of nitrogens with zero attached hydrogens (tertiary/aromatic N) is 3. The van der Waals surface area contributed by atoms with E-state index in [1.165, 1.54) is 26.5 Å². The molecule has 2 aromatic rings. The van der Waals surface area contributed by atoms with Gasteiger partial charge in [-0.1, -0.05) is 0 Å². The van der Waals surface area contributed by atoms with Crippen LogP contribution in [0.5, 0.6) is 11.5 Å². The molecule has 1 heterocycles. The Kier molecular flexibility index (Phi) is 5.87. The van der Waals surface area contributed by atoms with Gasteiger partial charge in [-0.05, 0) is 30.3 Å². The Balaban J connectivity index is 1.83. The minimum Gasteiger partial charge on any atom is -0.493 e. The average molecular weight is 371 g/mol. The Hall–Kier alpha value is -3.13. The number of benzene rings is 2. The summed E-state index contributed by atoms with van der Waals surface area (Å²) in [7, 11) is 2.92. The average Bonchev–Trinajstić information content (AvgIpc) is 2.72. The topological polar surface area (TPSA) is 86.4 Å². The van der Waals surface area contributed by atoms with Gasteiger partial charge in [0.25, 0.3) is 5.69 Å². The van der Waals surface area contributed by atoms with Crippen molar-refractivity contribution in [2.45, 2.75) is 0 Å². The van der Waals surface area contributed by atoms with Crippen molar-refractivity contribution < 1.29 is 19.1 Å². The van der Waals surface area contributed by atoms with Crippen molar-refractivity contribution in [2.75, 3.05) is 45.4 Å². The molecule has 8 nitrogen and oxygen atoms in total. The highest BCUT2D eigenvalue weighted by Crippen LogP contribution is 2.34. The van der Waals surface area contributed by atoms with Gasteiger partial charge < -0.3 is 19.1 Å². The molecule has 1 aliphatic rings. The predicted molar refractivity (Wildman–Crippen MR) is 103 cm³/mol. The van der Waals surface area contributed by atoms with Crippen LogP contribution in [-0.4, -0.2) is 51.7 Å². The van der Waals surface area contributed by atoms with Crippen molar-refractivity contribution in [1.29, 1.82) is 0 Å². The molecule has 1 aliphatic heterocycles. The monoisotopic (exact) mass is 371 g/mol. The number of hydrogen-bond acceptors (Lipinski definition) is 7. The summed E-state index contributed by atoms with van der Waals surface area (Å²) in [6.07, 6.45) is 1.46. The standard InChI is InChI=1S/C19H21N3O5/c1-25-18-11-14(17(22(23)24)12-19(18)26-2)13-20-15-3-5-16(6-4-15)21-7-9-27-10-8-21/h3-6,11-13H,7-10H2,1-2H3. The van der Waals surface area contributed by atoms with Gasteiger partial charge in [-0.15, -0.1) is 0 Å². The van der Waals surface area contributed by atoms with Crippen LogP contribution in [0.3, 0.4) is 0 Å². The van der Waals surface area contributed by atoms with Gasteiger partial charge in [-0.3, -0.25) is 15.1 Å². The Morgan fingerprint density at radius 2 is 1.74 bits per heavy atom. The molecular formula is C19H21N3O5. The fraction of sp³-hybridized carbons (Fsp3) is 0.316. The van der Waals surface area contributed by atoms with Crippen LogP contribution in [0.4, 0.5) is 17.1 Å². The summed E-state index contributed by atoms with van der Waals surface area (Å²) in [6.45, 7) is 3.17. The van der Waals surface area contributed by atoms with Crippen LogP contribution >= 0.6 is 0 Å². The molecule has 0 saturated carbocycles. The smallest absolute Gasteiger partial charge is 0.282 e. The van der Waals surface area contributed by atoms with Crippen molar-refractivity contribution in [3.8, 4) is 11.5 Å². The SMILES string of the molecule is COc1cc(C=Nc2ccc(N3CCOCC3)cc2)c([N+](=O)[O-])cc1OC. The molecule has 0 spiro atoms. The number of morpholine rings is 1. The van der Waals surface area contributed by atoms with Crippen molar-refractivity contribution in [3.05, 3.63) is 52.1 Å². The largest absolute Gasteiger partial charge is 0.493 e. The summed E-state index contributed by atoms with van der Waals surface area (Å²) < 4.78 is 15.7. The van der Waals surface area contributed by atoms with Gasteiger partial charge in [0.15, 0.2) is 11.5 Å². The molecule has 0 N–H and O–H groups in total. The Morgan fingerprint density at radius 1 is 1.11 bits per heavy atom. The second kappa shape index (κ2) is 8.50. The van der Waals surface area contributed by atoms with E-state index in [9.17, 15) is 10.1 Å². The molecule has 0 bridgehead atoms. The fourth-order valence-electron chi connectivity index (χ4n) is 2.86. The molecule has 0 atom stereocenters. The highest BCUT2D eigenvalue weighted by atomic mass is 16.6. The van der Waals surface area contributed by atoms with Gasteiger partial charge in [0.1, 0.15) is 0 Å². The molecule has 142 valence electrons. The zero-order chi connectivity index (χ0) is 19.2. The molecular weight excluding hydrogens is 350 g/mol.